The van der Waals surface area contributed by atoms with Crippen molar-refractivity contribution in [3.8, 4) is 17.2 Å². The summed E-state index contributed by atoms with van der Waals surface area (Å²) in [4.78, 5) is 17.5. The largest absolute Gasteiger partial charge is 0.495 e. The second kappa shape index (κ2) is 9.04. The zero-order valence-corrected chi connectivity index (χ0v) is 17.1. The second-order valence-corrected chi connectivity index (χ2v) is 7.18. The smallest absolute Gasteiger partial charge is 0.258 e. The van der Waals surface area contributed by atoms with Crippen molar-refractivity contribution in [1.29, 1.82) is 0 Å². The molecule has 1 atom stereocenters. The van der Waals surface area contributed by atoms with Crippen LogP contribution in [-0.4, -0.2) is 45.0 Å². The number of rotatable bonds is 5. The highest BCUT2D eigenvalue weighted by Crippen LogP contribution is 2.32. The lowest BCUT2D eigenvalue weighted by Gasteiger charge is -2.16. The Labute approximate surface area is 175 Å². The molecule has 0 bridgehead atoms. The number of nitrogens with one attached hydrogen (secondary N) is 2. The highest BCUT2D eigenvalue weighted by Gasteiger charge is 2.19. The molecule has 1 fully saturated rings. The van der Waals surface area contributed by atoms with Crippen LogP contribution in [0.2, 0.25) is 0 Å². The number of methoxy groups -OCH3 is 1. The normalized spacial score (nSPS) is 17.7. The molecule has 2 aliphatic rings. The maximum Gasteiger partial charge on any atom is 0.258 e. The van der Waals surface area contributed by atoms with Gasteiger partial charge >= 0.3 is 0 Å². The number of carbonyl (C=O) groups excluding carboxylic acids is 1. The first-order valence-electron chi connectivity index (χ1n) is 9.91. The molecule has 8 nitrogen and oxygen atoms in total. The van der Waals surface area contributed by atoms with Crippen LogP contribution in [0.5, 0.6) is 17.2 Å². The van der Waals surface area contributed by atoms with E-state index in [-0.39, 0.29) is 18.8 Å². The van der Waals surface area contributed by atoms with Gasteiger partial charge in [0.05, 0.1) is 25.4 Å². The van der Waals surface area contributed by atoms with Gasteiger partial charge in [-0.2, -0.15) is 0 Å². The Morgan fingerprint density at radius 3 is 2.87 bits per heavy atom. The number of fused-ring (bicyclic) bond motifs is 1. The molecule has 1 amide bonds. The van der Waals surface area contributed by atoms with Crippen LogP contribution in [0.25, 0.3) is 0 Å². The average molecular weight is 411 g/mol. The molecule has 0 spiro atoms. The summed E-state index contributed by atoms with van der Waals surface area (Å²) in [6.07, 6.45) is 2.04. The summed E-state index contributed by atoms with van der Waals surface area (Å²) < 4.78 is 21.8. The first-order valence-corrected chi connectivity index (χ1v) is 9.91. The maximum atomic E-state index is 12.9. The highest BCUT2D eigenvalue weighted by atomic mass is 16.7. The predicted octanol–water partition coefficient (Wildman–Crippen LogP) is 3.11. The molecular formula is C22H25N3O5. The van der Waals surface area contributed by atoms with Crippen molar-refractivity contribution in [2.24, 2.45) is 4.99 Å². The Morgan fingerprint density at radius 2 is 2.07 bits per heavy atom. The van der Waals surface area contributed by atoms with Crippen molar-refractivity contribution >= 4 is 17.6 Å². The van der Waals surface area contributed by atoms with Gasteiger partial charge in [0.1, 0.15) is 5.75 Å². The zero-order chi connectivity index (χ0) is 20.9. The van der Waals surface area contributed by atoms with Gasteiger partial charge < -0.3 is 24.3 Å². The van der Waals surface area contributed by atoms with Crippen molar-refractivity contribution < 1.29 is 23.7 Å². The molecular weight excluding hydrogens is 386 g/mol. The van der Waals surface area contributed by atoms with Crippen LogP contribution >= 0.6 is 0 Å². The highest BCUT2D eigenvalue weighted by molar-refractivity contribution is 6.10. The van der Waals surface area contributed by atoms with Crippen molar-refractivity contribution in [3.05, 3.63) is 47.5 Å². The van der Waals surface area contributed by atoms with Crippen LogP contribution in [-0.2, 0) is 4.74 Å². The standard InChI is InChI=1S/C22H25N3O5/c1-14-5-7-18(27-2)17(10-14)24-22(23-12-16-4-3-9-28-16)25-21(26)15-6-8-19-20(11-15)30-13-29-19/h5-8,10-11,16H,3-4,9,12-13H2,1-2H3,(H2,23,24,25,26)/t16-/m1/s1. The summed E-state index contributed by atoms with van der Waals surface area (Å²) in [5.74, 6) is 1.86. The summed E-state index contributed by atoms with van der Waals surface area (Å²) in [6, 6.07) is 10.8. The molecule has 0 aliphatic carbocycles. The van der Waals surface area contributed by atoms with Gasteiger partial charge in [0.15, 0.2) is 11.5 Å². The minimum atomic E-state index is -0.307. The lowest BCUT2D eigenvalue weighted by atomic mass is 10.2. The Morgan fingerprint density at radius 1 is 1.20 bits per heavy atom. The molecule has 4 rings (SSSR count). The Bertz CT molecular complexity index is 954. The fraction of sp³-hybridized carbons (Fsp3) is 0.364. The van der Waals surface area contributed by atoms with Crippen molar-refractivity contribution in [3.63, 3.8) is 0 Å². The molecule has 0 radical (unpaired) electrons. The van der Waals surface area contributed by atoms with Crippen molar-refractivity contribution in [2.45, 2.75) is 25.9 Å². The molecule has 2 heterocycles. The van der Waals surface area contributed by atoms with E-state index in [1.54, 1.807) is 25.3 Å². The van der Waals surface area contributed by atoms with E-state index in [0.717, 1.165) is 30.7 Å². The molecule has 2 N–H and O–H groups in total. The van der Waals surface area contributed by atoms with Crippen LogP contribution in [0, 0.1) is 6.92 Å². The van der Waals surface area contributed by atoms with Gasteiger partial charge in [-0.15, -0.1) is 0 Å². The van der Waals surface area contributed by atoms with Gasteiger partial charge in [0.25, 0.3) is 5.91 Å². The minimum Gasteiger partial charge on any atom is -0.495 e. The monoisotopic (exact) mass is 411 g/mol. The van der Waals surface area contributed by atoms with E-state index in [1.165, 1.54) is 0 Å². The van der Waals surface area contributed by atoms with Crippen LogP contribution < -0.4 is 24.8 Å². The van der Waals surface area contributed by atoms with E-state index in [9.17, 15) is 4.79 Å². The number of amides is 1. The lowest BCUT2D eigenvalue weighted by Crippen LogP contribution is -2.37. The quantitative estimate of drug-likeness (QED) is 0.580. The fourth-order valence-corrected chi connectivity index (χ4v) is 3.36. The van der Waals surface area contributed by atoms with Gasteiger partial charge in [-0.05, 0) is 55.7 Å². The third-order valence-corrected chi connectivity index (χ3v) is 4.95. The Hall–Kier alpha value is -3.26. The summed E-state index contributed by atoms with van der Waals surface area (Å²) in [5, 5.41) is 6.06. The molecule has 0 unspecified atom stereocenters. The minimum absolute atomic E-state index is 0.0589. The lowest BCUT2D eigenvalue weighted by molar-refractivity contribution is 0.0975. The van der Waals surface area contributed by atoms with E-state index in [1.807, 2.05) is 25.1 Å². The van der Waals surface area contributed by atoms with Crippen molar-refractivity contribution in [2.75, 3.05) is 32.4 Å². The fourth-order valence-electron chi connectivity index (χ4n) is 3.36. The summed E-state index contributed by atoms with van der Waals surface area (Å²) in [5.41, 5.74) is 2.22. The maximum absolute atomic E-state index is 12.9. The third-order valence-electron chi connectivity index (χ3n) is 4.95. The number of anilines is 1. The Balaban J connectivity index is 1.54. The third kappa shape index (κ3) is 4.65. The number of hydrogen-bond acceptors (Lipinski definition) is 6. The number of aliphatic imine (C=N–C) groups is 1. The van der Waals surface area contributed by atoms with Gasteiger partial charge in [-0.25, -0.2) is 4.99 Å². The molecule has 1 saturated heterocycles. The van der Waals surface area contributed by atoms with E-state index in [4.69, 9.17) is 18.9 Å². The van der Waals surface area contributed by atoms with E-state index >= 15 is 0 Å². The van der Waals surface area contributed by atoms with Gasteiger partial charge in [0, 0.05) is 12.2 Å². The molecule has 0 saturated carbocycles. The van der Waals surface area contributed by atoms with E-state index in [0.29, 0.717) is 35.3 Å². The van der Waals surface area contributed by atoms with Crippen LogP contribution in [0.3, 0.4) is 0 Å². The first-order chi connectivity index (χ1) is 14.6. The van der Waals surface area contributed by atoms with E-state index in [2.05, 4.69) is 15.6 Å². The topological polar surface area (TPSA) is 90.4 Å². The van der Waals surface area contributed by atoms with Crippen LogP contribution in [0.4, 0.5) is 5.69 Å². The average Bonchev–Trinajstić information content (AvgIpc) is 3.43. The van der Waals surface area contributed by atoms with E-state index < -0.39 is 0 Å². The van der Waals surface area contributed by atoms with Crippen LogP contribution in [0.15, 0.2) is 41.4 Å². The van der Waals surface area contributed by atoms with Crippen LogP contribution in [0.1, 0.15) is 28.8 Å². The number of aryl methyl sites for hydroxylation is 1. The number of guanidine groups is 1. The SMILES string of the molecule is COc1ccc(C)cc1NC(=NC[C@H]1CCCO1)NC(=O)c1ccc2c(c1)OCO2. The first kappa shape index (κ1) is 20.0. The summed E-state index contributed by atoms with van der Waals surface area (Å²) in [7, 11) is 1.60. The van der Waals surface area contributed by atoms with Crippen molar-refractivity contribution in [1.82, 2.24) is 5.32 Å². The summed E-state index contributed by atoms with van der Waals surface area (Å²) in [6.45, 7) is 3.35. The number of benzene rings is 2. The molecule has 2 aromatic carbocycles. The molecule has 8 heteroatoms. The Kier molecular flexibility index (Phi) is 6.04. The predicted molar refractivity (Wildman–Crippen MR) is 113 cm³/mol. The number of hydrogen-bond donors (Lipinski definition) is 2. The zero-order valence-electron chi connectivity index (χ0n) is 17.1. The molecule has 0 aromatic heterocycles. The van der Waals surface area contributed by atoms with Gasteiger partial charge in [0.2, 0.25) is 12.8 Å². The molecule has 2 aromatic rings. The molecule has 158 valence electrons. The number of carbonyl (C=O) groups is 1. The summed E-state index contributed by atoms with van der Waals surface area (Å²) >= 11 is 0. The number of ether oxygens (including phenoxy) is 4. The second-order valence-electron chi connectivity index (χ2n) is 7.18. The number of nitrogens with zero attached hydrogens (tertiary/aromatic N) is 1. The molecule has 2 aliphatic heterocycles. The molecule has 30 heavy (non-hydrogen) atoms. The van der Waals surface area contributed by atoms with Gasteiger partial charge in [-0.3, -0.25) is 10.1 Å². The van der Waals surface area contributed by atoms with Gasteiger partial charge in [-0.1, -0.05) is 6.07 Å².